The van der Waals surface area contributed by atoms with E-state index in [-0.39, 0.29) is 0 Å². The molecule has 0 fully saturated rings. The lowest BCUT2D eigenvalue weighted by atomic mass is 9.99. The van der Waals surface area contributed by atoms with Crippen molar-refractivity contribution < 1.29 is 5.11 Å². The Labute approximate surface area is 111 Å². The normalized spacial score (nSPS) is 12.5. The van der Waals surface area contributed by atoms with Crippen molar-refractivity contribution in [1.82, 2.24) is 9.97 Å². The number of fused-ring (bicyclic) bond motifs is 1. The van der Waals surface area contributed by atoms with E-state index in [1.807, 2.05) is 24.3 Å². The fourth-order valence-corrected chi connectivity index (χ4v) is 2.27. The van der Waals surface area contributed by atoms with Gasteiger partial charge in [-0.3, -0.25) is 9.97 Å². The largest absolute Gasteiger partial charge is 0.386 e. The molecule has 1 N–H and O–H groups in total. The molecule has 0 radical (unpaired) electrons. The van der Waals surface area contributed by atoms with Gasteiger partial charge in [0.2, 0.25) is 0 Å². The number of hydrogen-bond donors (Lipinski definition) is 1. The van der Waals surface area contributed by atoms with E-state index in [9.17, 15) is 5.11 Å². The molecule has 0 bridgehead atoms. The summed E-state index contributed by atoms with van der Waals surface area (Å²) in [7, 11) is 0. The second-order valence-corrected chi connectivity index (χ2v) is 4.49. The second kappa shape index (κ2) is 5.16. The number of aromatic nitrogens is 2. The smallest absolute Gasteiger partial charge is 0.102 e. The highest BCUT2D eigenvalue weighted by molar-refractivity contribution is 5.85. The third-order valence-electron chi connectivity index (χ3n) is 3.22. The molecule has 0 aliphatic carbocycles. The highest BCUT2D eigenvalue weighted by Crippen LogP contribution is 2.23. The molecule has 3 aromatic rings. The Morgan fingerprint density at radius 3 is 2.68 bits per heavy atom. The molecule has 0 amide bonds. The molecule has 1 heterocycles. The number of benzene rings is 2. The topological polar surface area (TPSA) is 46.0 Å². The predicted octanol–water partition coefficient (Wildman–Crippen LogP) is 2.91. The van der Waals surface area contributed by atoms with E-state index < -0.39 is 6.10 Å². The van der Waals surface area contributed by atoms with Crippen LogP contribution in [0, 0.1) is 0 Å². The van der Waals surface area contributed by atoms with Gasteiger partial charge in [0, 0.05) is 18.8 Å². The Kier molecular flexibility index (Phi) is 3.21. The van der Waals surface area contributed by atoms with Crippen molar-refractivity contribution >= 4 is 10.8 Å². The zero-order valence-corrected chi connectivity index (χ0v) is 10.4. The lowest BCUT2D eigenvalue weighted by Crippen LogP contribution is -2.04. The van der Waals surface area contributed by atoms with Crippen LogP contribution >= 0.6 is 0 Å². The van der Waals surface area contributed by atoms with Crippen molar-refractivity contribution in [3.63, 3.8) is 0 Å². The first-order valence-corrected chi connectivity index (χ1v) is 6.25. The summed E-state index contributed by atoms with van der Waals surface area (Å²) in [5, 5.41) is 12.6. The second-order valence-electron chi connectivity index (χ2n) is 4.49. The fraction of sp³-hybridized carbons (Fsp3) is 0.125. The molecule has 1 aromatic heterocycles. The van der Waals surface area contributed by atoms with Gasteiger partial charge in [-0.2, -0.15) is 0 Å². The summed E-state index contributed by atoms with van der Waals surface area (Å²) in [5.41, 5.74) is 1.73. The van der Waals surface area contributed by atoms with Crippen molar-refractivity contribution in [1.29, 1.82) is 0 Å². The van der Waals surface area contributed by atoms with Crippen LogP contribution in [-0.2, 0) is 6.42 Å². The van der Waals surface area contributed by atoms with Gasteiger partial charge in [0.05, 0.1) is 11.9 Å². The van der Waals surface area contributed by atoms with Crippen LogP contribution < -0.4 is 0 Å². The van der Waals surface area contributed by atoms with E-state index in [0.29, 0.717) is 12.1 Å². The summed E-state index contributed by atoms with van der Waals surface area (Å²) in [6.45, 7) is 0. The third-order valence-corrected chi connectivity index (χ3v) is 3.22. The molecule has 0 saturated carbocycles. The summed E-state index contributed by atoms with van der Waals surface area (Å²) < 4.78 is 0. The van der Waals surface area contributed by atoms with Gasteiger partial charge in [-0.15, -0.1) is 0 Å². The SMILES string of the molecule is OC(Cc1cccc2ccccc12)c1cnccn1. The van der Waals surface area contributed by atoms with Crippen LogP contribution in [0.5, 0.6) is 0 Å². The fourth-order valence-electron chi connectivity index (χ4n) is 2.27. The van der Waals surface area contributed by atoms with Gasteiger partial charge in [-0.05, 0) is 16.3 Å². The minimum absolute atomic E-state index is 0.542. The maximum Gasteiger partial charge on any atom is 0.102 e. The van der Waals surface area contributed by atoms with E-state index in [2.05, 4.69) is 28.2 Å². The molecule has 3 rings (SSSR count). The number of aliphatic hydroxyl groups excluding tert-OH is 1. The minimum Gasteiger partial charge on any atom is -0.386 e. The Bertz CT molecular complexity index is 677. The zero-order valence-electron chi connectivity index (χ0n) is 10.4. The quantitative estimate of drug-likeness (QED) is 0.777. The summed E-state index contributed by atoms with van der Waals surface area (Å²) in [6.07, 6.45) is 4.73. The van der Waals surface area contributed by atoms with Gasteiger partial charge in [0.15, 0.2) is 0 Å². The first kappa shape index (κ1) is 11.8. The molecule has 0 spiro atoms. The zero-order chi connectivity index (χ0) is 13.1. The molecular weight excluding hydrogens is 236 g/mol. The molecule has 94 valence electrons. The lowest BCUT2D eigenvalue weighted by molar-refractivity contribution is 0.173. The number of rotatable bonds is 3. The van der Waals surface area contributed by atoms with E-state index >= 15 is 0 Å². The van der Waals surface area contributed by atoms with Crippen LogP contribution in [0.15, 0.2) is 61.1 Å². The van der Waals surface area contributed by atoms with E-state index in [0.717, 1.165) is 5.56 Å². The van der Waals surface area contributed by atoms with Gasteiger partial charge >= 0.3 is 0 Å². The van der Waals surface area contributed by atoms with Gasteiger partial charge in [-0.25, -0.2) is 0 Å². The molecule has 0 saturated heterocycles. The van der Waals surface area contributed by atoms with Crippen LogP contribution in [-0.4, -0.2) is 15.1 Å². The Morgan fingerprint density at radius 1 is 1.00 bits per heavy atom. The van der Waals surface area contributed by atoms with Crippen LogP contribution in [0.2, 0.25) is 0 Å². The van der Waals surface area contributed by atoms with E-state index in [1.54, 1.807) is 18.6 Å². The summed E-state index contributed by atoms with van der Waals surface area (Å²) in [4.78, 5) is 8.13. The molecule has 19 heavy (non-hydrogen) atoms. The van der Waals surface area contributed by atoms with Crippen LogP contribution in [0.4, 0.5) is 0 Å². The average molecular weight is 250 g/mol. The number of aliphatic hydroxyl groups is 1. The Balaban J connectivity index is 1.94. The molecule has 0 aliphatic rings. The van der Waals surface area contributed by atoms with E-state index in [4.69, 9.17) is 0 Å². The van der Waals surface area contributed by atoms with Crippen molar-refractivity contribution in [3.8, 4) is 0 Å². The first-order valence-electron chi connectivity index (χ1n) is 6.25. The molecule has 1 atom stereocenters. The third kappa shape index (κ3) is 2.46. The molecule has 2 aromatic carbocycles. The van der Waals surface area contributed by atoms with Crippen molar-refractivity contribution in [3.05, 3.63) is 72.3 Å². The van der Waals surface area contributed by atoms with Crippen LogP contribution in [0.25, 0.3) is 10.8 Å². The van der Waals surface area contributed by atoms with Crippen molar-refractivity contribution in [2.24, 2.45) is 0 Å². The summed E-state index contributed by atoms with van der Waals surface area (Å²) >= 11 is 0. The predicted molar refractivity (Wildman–Crippen MR) is 74.6 cm³/mol. The Morgan fingerprint density at radius 2 is 1.84 bits per heavy atom. The maximum absolute atomic E-state index is 10.2. The van der Waals surface area contributed by atoms with Gasteiger partial charge < -0.3 is 5.11 Å². The van der Waals surface area contributed by atoms with Gasteiger partial charge in [0.25, 0.3) is 0 Å². The van der Waals surface area contributed by atoms with Crippen molar-refractivity contribution in [2.75, 3.05) is 0 Å². The molecular formula is C16H14N2O. The Hall–Kier alpha value is -2.26. The minimum atomic E-state index is -0.625. The number of nitrogens with zero attached hydrogens (tertiary/aromatic N) is 2. The van der Waals surface area contributed by atoms with E-state index in [1.165, 1.54) is 10.8 Å². The van der Waals surface area contributed by atoms with Gasteiger partial charge in [0.1, 0.15) is 6.10 Å². The molecule has 1 unspecified atom stereocenters. The summed E-state index contributed by atoms with van der Waals surface area (Å²) in [5.74, 6) is 0. The number of hydrogen-bond acceptors (Lipinski definition) is 3. The average Bonchev–Trinajstić information content (AvgIpc) is 2.48. The molecule has 0 aliphatic heterocycles. The first-order chi connectivity index (χ1) is 9.34. The molecule has 3 heteroatoms. The highest BCUT2D eigenvalue weighted by atomic mass is 16.3. The highest BCUT2D eigenvalue weighted by Gasteiger charge is 2.11. The monoisotopic (exact) mass is 250 g/mol. The lowest BCUT2D eigenvalue weighted by Gasteiger charge is -2.11. The van der Waals surface area contributed by atoms with Crippen LogP contribution in [0.1, 0.15) is 17.4 Å². The van der Waals surface area contributed by atoms with Crippen molar-refractivity contribution in [2.45, 2.75) is 12.5 Å². The van der Waals surface area contributed by atoms with Crippen LogP contribution in [0.3, 0.4) is 0 Å². The van der Waals surface area contributed by atoms with Gasteiger partial charge in [-0.1, -0.05) is 42.5 Å². The molecule has 3 nitrogen and oxygen atoms in total. The maximum atomic E-state index is 10.2. The standard InChI is InChI=1S/C16H14N2O/c19-16(15-11-17-8-9-18-15)10-13-6-3-5-12-4-1-2-7-14(12)13/h1-9,11,16,19H,10H2. The summed E-state index contributed by atoms with van der Waals surface area (Å²) in [6, 6.07) is 14.3.